The molecule has 0 saturated heterocycles. The zero-order chi connectivity index (χ0) is 11.3. The van der Waals surface area contributed by atoms with Crippen LogP contribution in [0.5, 0.6) is 0 Å². The zero-order valence-electron chi connectivity index (χ0n) is 8.56. The monoisotopic (exact) mass is 208 g/mol. The van der Waals surface area contributed by atoms with Gasteiger partial charge in [0.15, 0.2) is 0 Å². The van der Waals surface area contributed by atoms with Crippen LogP contribution in [0.2, 0.25) is 0 Å². The number of benzene rings is 1. The van der Waals surface area contributed by atoms with E-state index in [0.717, 1.165) is 0 Å². The minimum Gasteiger partial charge on any atom is -0.307 e. The molecular formula is C10H12N2O3. The summed E-state index contributed by atoms with van der Waals surface area (Å²) in [6, 6.07) is 8.87. The molecule has 5 heteroatoms. The van der Waals surface area contributed by atoms with Gasteiger partial charge in [-0.2, -0.15) is 0 Å². The van der Waals surface area contributed by atoms with E-state index in [4.69, 9.17) is 0 Å². The Kier molecular flexibility index (Phi) is 3.82. The minimum absolute atomic E-state index is 0.647. The second kappa shape index (κ2) is 5.11. The molecular weight excluding hydrogens is 196 g/mol. The predicted octanol–water partition coefficient (Wildman–Crippen LogP) is 0.327. The van der Waals surface area contributed by atoms with Crippen LogP contribution >= 0.6 is 0 Å². The fourth-order valence-corrected chi connectivity index (χ4v) is 1.06. The minimum atomic E-state index is -0.802. The molecule has 1 rings (SSSR count). The highest BCUT2D eigenvalue weighted by molar-refractivity contribution is 6.39. The molecule has 0 aliphatic carbocycles. The van der Waals surface area contributed by atoms with Crippen molar-refractivity contribution in [2.24, 2.45) is 0 Å². The van der Waals surface area contributed by atoms with E-state index in [0.29, 0.717) is 5.69 Å². The van der Waals surface area contributed by atoms with Crippen LogP contribution in [-0.4, -0.2) is 26.0 Å². The smallest absolute Gasteiger partial charge is 0.307 e. The van der Waals surface area contributed by atoms with E-state index in [2.05, 4.69) is 4.84 Å². The van der Waals surface area contributed by atoms with Gasteiger partial charge in [0.2, 0.25) is 0 Å². The van der Waals surface area contributed by atoms with Gasteiger partial charge in [0, 0.05) is 12.7 Å². The Morgan fingerprint density at radius 2 is 1.87 bits per heavy atom. The topological polar surface area (TPSA) is 58.6 Å². The van der Waals surface area contributed by atoms with Crippen molar-refractivity contribution in [3.05, 3.63) is 30.3 Å². The van der Waals surface area contributed by atoms with E-state index < -0.39 is 11.8 Å². The quantitative estimate of drug-likeness (QED) is 0.562. The molecule has 15 heavy (non-hydrogen) atoms. The van der Waals surface area contributed by atoms with E-state index in [1.807, 2.05) is 11.5 Å². The normalized spacial score (nSPS) is 9.47. The third-order valence-corrected chi connectivity index (χ3v) is 1.84. The largest absolute Gasteiger partial charge is 0.333 e. The van der Waals surface area contributed by atoms with Crippen LogP contribution in [0.25, 0.3) is 0 Å². The first-order valence-corrected chi connectivity index (χ1v) is 4.33. The lowest BCUT2D eigenvalue weighted by Crippen LogP contribution is -2.40. The molecule has 80 valence electrons. The Labute approximate surface area is 87.6 Å². The van der Waals surface area contributed by atoms with Crippen LogP contribution in [0.15, 0.2) is 30.3 Å². The molecule has 0 bridgehead atoms. The third kappa shape index (κ3) is 2.78. The fourth-order valence-electron chi connectivity index (χ4n) is 1.06. The molecule has 1 aromatic carbocycles. The number of nitrogens with one attached hydrogen (secondary N) is 1. The number of carbonyl (C=O) groups excluding carboxylic acids is 2. The van der Waals surface area contributed by atoms with E-state index >= 15 is 0 Å². The van der Waals surface area contributed by atoms with Gasteiger partial charge in [-0.05, 0) is 12.1 Å². The number of hydrogen-bond acceptors (Lipinski definition) is 3. The molecule has 0 unspecified atom stereocenters. The maximum absolute atomic E-state index is 11.5. The van der Waals surface area contributed by atoms with Gasteiger partial charge in [0.25, 0.3) is 0 Å². The summed E-state index contributed by atoms with van der Waals surface area (Å²) in [7, 11) is 2.79. The fraction of sp³-hybridized carbons (Fsp3) is 0.200. The van der Waals surface area contributed by atoms with Crippen molar-refractivity contribution in [3.8, 4) is 0 Å². The molecule has 5 nitrogen and oxygen atoms in total. The van der Waals surface area contributed by atoms with E-state index in [1.165, 1.54) is 19.1 Å². The zero-order valence-corrected chi connectivity index (χ0v) is 8.56. The summed E-state index contributed by atoms with van der Waals surface area (Å²) in [5.41, 5.74) is 2.61. The van der Waals surface area contributed by atoms with Gasteiger partial charge in [-0.3, -0.25) is 14.4 Å². The standard InChI is InChI=1S/C10H12N2O3/c1-12(8-6-4-3-5-7-8)10(14)9(13)11-15-2/h3-7H,1-2H3,(H,11,13). The Morgan fingerprint density at radius 3 is 2.40 bits per heavy atom. The number of amides is 2. The number of para-hydroxylation sites is 1. The Morgan fingerprint density at radius 1 is 1.27 bits per heavy atom. The first-order valence-electron chi connectivity index (χ1n) is 4.33. The highest BCUT2D eigenvalue weighted by atomic mass is 16.6. The summed E-state index contributed by atoms with van der Waals surface area (Å²) in [5.74, 6) is -1.48. The van der Waals surface area contributed by atoms with Crippen molar-refractivity contribution in [1.82, 2.24) is 5.48 Å². The molecule has 0 atom stereocenters. The second-order valence-electron chi connectivity index (χ2n) is 2.84. The highest BCUT2D eigenvalue weighted by Gasteiger charge is 2.19. The summed E-state index contributed by atoms with van der Waals surface area (Å²) < 4.78 is 0. The van der Waals surface area contributed by atoms with Crippen molar-refractivity contribution >= 4 is 17.5 Å². The average molecular weight is 208 g/mol. The molecule has 0 saturated carbocycles. The second-order valence-corrected chi connectivity index (χ2v) is 2.84. The Hall–Kier alpha value is -1.88. The number of nitrogens with zero attached hydrogens (tertiary/aromatic N) is 1. The third-order valence-electron chi connectivity index (χ3n) is 1.84. The van der Waals surface area contributed by atoms with Gasteiger partial charge in [0.05, 0.1) is 7.11 Å². The molecule has 0 aliphatic rings. The number of rotatable bonds is 2. The Bertz CT molecular complexity index is 351. The summed E-state index contributed by atoms with van der Waals surface area (Å²) in [4.78, 5) is 28.2. The van der Waals surface area contributed by atoms with Crippen LogP contribution in [-0.2, 0) is 14.4 Å². The number of hydrogen-bond donors (Lipinski definition) is 1. The van der Waals surface area contributed by atoms with Crippen LogP contribution in [0.3, 0.4) is 0 Å². The maximum Gasteiger partial charge on any atom is 0.333 e. The lowest BCUT2D eigenvalue weighted by atomic mass is 10.3. The predicted molar refractivity (Wildman–Crippen MR) is 55.0 cm³/mol. The van der Waals surface area contributed by atoms with Crippen molar-refractivity contribution in [3.63, 3.8) is 0 Å². The molecule has 0 radical (unpaired) electrons. The van der Waals surface area contributed by atoms with Crippen molar-refractivity contribution < 1.29 is 14.4 Å². The van der Waals surface area contributed by atoms with Crippen molar-refractivity contribution in [1.29, 1.82) is 0 Å². The highest BCUT2D eigenvalue weighted by Crippen LogP contribution is 2.10. The first-order chi connectivity index (χ1) is 7.16. The van der Waals surface area contributed by atoms with Gasteiger partial charge >= 0.3 is 11.8 Å². The number of anilines is 1. The first kappa shape index (κ1) is 11.2. The number of hydroxylamine groups is 1. The lowest BCUT2D eigenvalue weighted by molar-refractivity contribution is -0.144. The van der Waals surface area contributed by atoms with E-state index in [1.54, 1.807) is 24.3 Å². The van der Waals surface area contributed by atoms with Crippen LogP contribution in [0.4, 0.5) is 5.69 Å². The van der Waals surface area contributed by atoms with Gasteiger partial charge in [-0.1, -0.05) is 18.2 Å². The molecule has 2 amide bonds. The van der Waals surface area contributed by atoms with Crippen LogP contribution in [0, 0.1) is 0 Å². The van der Waals surface area contributed by atoms with E-state index in [-0.39, 0.29) is 0 Å². The molecule has 0 aliphatic heterocycles. The lowest BCUT2D eigenvalue weighted by Gasteiger charge is -2.15. The SMILES string of the molecule is CONC(=O)C(=O)N(C)c1ccccc1. The van der Waals surface area contributed by atoms with Crippen molar-refractivity contribution in [2.75, 3.05) is 19.1 Å². The summed E-state index contributed by atoms with van der Waals surface area (Å²) >= 11 is 0. The number of carbonyl (C=O) groups is 2. The maximum atomic E-state index is 11.5. The van der Waals surface area contributed by atoms with E-state index in [9.17, 15) is 9.59 Å². The molecule has 1 aromatic rings. The van der Waals surface area contributed by atoms with Gasteiger partial charge in [0.1, 0.15) is 0 Å². The molecule has 0 heterocycles. The molecule has 0 aromatic heterocycles. The molecule has 0 fully saturated rings. The van der Waals surface area contributed by atoms with Gasteiger partial charge < -0.3 is 4.90 Å². The van der Waals surface area contributed by atoms with Gasteiger partial charge in [-0.25, -0.2) is 5.48 Å². The molecule has 1 N–H and O–H groups in total. The van der Waals surface area contributed by atoms with Crippen LogP contribution < -0.4 is 10.4 Å². The Balaban J connectivity index is 2.73. The average Bonchev–Trinajstić information content (AvgIpc) is 2.28. The van der Waals surface area contributed by atoms with Crippen LogP contribution in [0.1, 0.15) is 0 Å². The summed E-state index contributed by atoms with van der Waals surface area (Å²) in [5, 5.41) is 0. The van der Waals surface area contributed by atoms with Crippen molar-refractivity contribution in [2.45, 2.75) is 0 Å². The summed E-state index contributed by atoms with van der Waals surface area (Å²) in [6.45, 7) is 0. The molecule has 0 spiro atoms. The number of likely N-dealkylation sites (N-methyl/N-ethyl adjacent to an activating group) is 1. The van der Waals surface area contributed by atoms with Gasteiger partial charge in [-0.15, -0.1) is 0 Å². The summed E-state index contributed by atoms with van der Waals surface area (Å²) in [6.07, 6.45) is 0.